The van der Waals surface area contributed by atoms with Crippen LogP contribution in [0.1, 0.15) is 27.5 Å². The lowest BCUT2D eigenvalue weighted by molar-refractivity contribution is 0.102. The minimum absolute atomic E-state index is 0.106. The van der Waals surface area contributed by atoms with Crippen molar-refractivity contribution in [2.45, 2.75) is 18.6 Å². The maximum Gasteiger partial charge on any atom is 0.407 e. The average Bonchev–Trinajstić information content (AvgIpc) is 2.93. The predicted molar refractivity (Wildman–Crippen MR) is 88.7 cm³/mol. The predicted octanol–water partition coefficient (Wildman–Crippen LogP) is 2.53. The molecule has 0 bridgehead atoms. The number of nitrogens with one attached hydrogen (secondary N) is 2. The number of hydrogen-bond donors (Lipinski definition) is 3. The molecule has 8 heteroatoms. The molecule has 3 N–H and O–H groups in total. The molecule has 6 nitrogen and oxygen atoms in total. The second-order valence-electron chi connectivity index (χ2n) is 5.84. The minimum atomic E-state index is -1.07. The number of rotatable bonds is 3. The van der Waals surface area contributed by atoms with Gasteiger partial charge in [0.05, 0.1) is 19.3 Å². The number of methoxy groups -OCH3 is 1. The van der Waals surface area contributed by atoms with Crippen LogP contribution < -0.4 is 10.6 Å². The van der Waals surface area contributed by atoms with Gasteiger partial charge >= 0.3 is 6.09 Å². The smallest absolute Gasteiger partial charge is 0.407 e. The van der Waals surface area contributed by atoms with Crippen LogP contribution in [0.5, 0.6) is 0 Å². The molecule has 0 saturated carbocycles. The molecular formula is C18H16F2N2O4. The summed E-state index contributed by atoms with van der Waals surface area (Å²) in [6.07, 6.45) is -1.45. The molecule has 0 fully saturated rings. The van der Waals surface area contributed by atoms with Crippen LogP contribution in [0, 0.1) is 11.6 Å². The van der Waals surface area contributed by atoms with Crippen LogP contribution in [0.2, 0.25) is 0 Å². The van der Waals surface area contributed by atoms with Crippen molar-refractivity contribution in [1.82, 2.24) is 5.32 Å². The van der Waals surface area contributed by atoms with Gasteiger partial charge < -0.3 is 20.5 Å². The Bertz CT molecular complexity index is 872. The zero-order chi connectivity index (χ0) is 18.8. The van der Waals surface area contributed by atoms with Gasteiger partial charge in [-0.1, -0.05) is 12.1 Å². The minimum Gasteiger partial charge on any atom is -0.453 e. The molecule has 0 saturated heterocycles. The summed E-state index contributed by atoms with van der Waals surface area (Å²) in [5.41, 5.74) is 1.55. The van der Waals surface area contributed by atoms with Gasteiger partial charge in [-0.25, -0.2) is 13.6 Å². The van der Waals surface area contributed by atoms with Gasteiger partial charge in [0.25, 0.3) is 5.91 Å². The summed E-state index contributed by atoms with van der Waals surface area (Å²) in [5.74, 6) is -2.61. The van der Waals surface area contributed by atoms with Gasteiger partial charge in [-0.15, -0.1) is 0 Å². The van der Waals surface area contributed by atoms with Crippen LogP contribution in [0.4, 0.5) is 19.3 Å². The third-order valence-corrected chi connectivity index (χ3v) is 4.23. The maximum atomic E-state index is 13.3. The molecule has 2 amide bonds. The van der Waals surface area contributed by atoms with Crippen molar-refractivity contribution in [3.8, 4) is 0 Å². The fraction of sp³-hybridized carbons (Fsp3) is 0.222. The molecule has 0 spiro atoms. The number of fused-ring (bicyclic) bond motifs is 1. The van der Waals surface area contributed by atoms with Crippen molar-refractivity contribution >= 4 is 17.7 Å². The van der Waals surface area contributed by atoms with E-state index in [0.717, 1.165) is 12.1 Å². The highest BCUT2D eigenvalue weighted by Gasteiger charge is 2.35. The summed E-state index contributed by atoms with van der Waals surface area (Å²) in [6.45, 7) is 0. The van der Waals surface area contributed by atoms with Gasteiger partial charge in [0, 0.05) is 23.7 Å². The fourth-order valence-electron chi connectivity index (χ4n) is 3.00. The van der Waals surface area contributed by atoms with Gasteiger partial charge in [0.15, 0.2) is 11.6 Å². The molecule has 2 aromatic carbocycles. The van der Waals surface area contributed by atoms with Crippen molar-refractivity contribution in [1.29, 1.82) is 0 Å². The van der Waals surface area contributed by atoms with E-state index < -0.39 is 35.8 Å². The molecule has 0 radical (unpaired) electrons. The van der Waals surface area contributed by atoms with Crippen molar-refractivity contribution in [2.75, 3.05) is 12.4 Å². The van der Waals surface area contributed by atoms with E-state index >= 15 is 0 Å². The summed E-state index contributed by atoms with van der Waals surface area (Å²) in [4.78, 5) is 24.0. The lowest BCUT2D eigenvalue weighted by Crippen LogP contribution is -2.33. The SMILES string of the molecule is COC(=O)NC1c2cccc(C(=O)Nc3ccc(F)c(F)c3)c2CC1O. The Morgan fingerprint density at radius 2 is 1.96 bits per heavy atom. The van der Waals surface area contributed by atoms with E-state index in [0.29, 0.717) is 11.1 Å². The lowest BCUT2D eigenvalue weighted by Gasteiger charge is -2.17. The van der Waals surface area contributed by atoms with E-state index in [9.17, 15) is 23.5 Å². The second-order valence-corrected chi connectivity index (χ2v) is 5.84. The highest BCUT2D eigenvalue weighted by molar-refractivity contribution is 6.05. The zero-order valence-corrected chi connectivity index (χ0v) is 13.8. The first-order valence-electron chi connectivity index (χ1n) is 7.81. The third-order valence-electron chi connectivity index (χ3n) is 4.23. The number of halogens is 2. The van der Waals surface area contributed by atoms with E-state index in [-0.39, 0.29) is 17.7 Å². The summed E-state index contributed by atoms with van der Waals surface area (Å²) >= 11 is 0. The fourth-order valence-corrected chi connectivity index (χ4v) is 3.00. The summed E-state index contributed by atoms with van der Waals surface area (Å²) in [7, 11) is 1.21. The standard InChI is InChI=1S/C18H16F2N2O4/c1-26-18(25)22-16-10-3-2-4-11(12(10)8-15(16)23)17(24)21-9-5-6-13(19)14(20)7-9/h2-7,15-16,23H,8H2,1H3,(H,21,24)(H,22,25). The summed E-state index contributed by atoms with van der Waals surface area (Å²) in [6, 6.07) is 7.21. The van der Waals surface area contributed by atoms with Crippen LogP contribution >= 0.6 is 0 Å². The van der Waals surface area contributed by atoms with E-state index in [1.807, 2.05) is 0 Å². The number of hydrogen-bond acceptors (Lipinski definition) is 4. The van der Waals surface area contributed by atoms with Crippen LogP contribution in [-0.2, 0) is 11.2 Å². The molecule has 1 aliphatic carbocycles. The highest BCUT2D eigenvalue weighted by Crippen LogP contribution is 2.34. The molecule has 2 aromatic rings. The first-order valence-corrected chi connectivity index (χ1v) is 7.81. The van der Waals surface area contributed by atoms with Crippen molar-refractivity contribution in [2.24, 2.45) is 0 Å². The summed E-state index contributed by atoms with van der Waals surface area (Å²) < 4.78 is 30.8. The number of carbonyl (C=O) groups is 2. The molecule has 0 aromatic heterocycles. The molecule has 2 atom stereocenters. The monoisotopic (exact) mass is 362 g/mol. The lowest BCUT2D eigenvalue weighted by atomic mass is 10.0. The van der Waals surface area contributed by atoms with Gasteiger partial charge in [-0.2, -0.15) is 0 Å². The number of carbonyl (C=O) groups excluding carboxylic acids is 2. The van der Waals surface area contributed by atoms with Crippen LogP contribution in [-0.4, -0.2) is 30.3 Å². The molecule has 136 valence electrons. The Morgan fingerprint density at radius 3 is 2.65 bits per heavy atom. The molecule has 0 heterocycles. The number of alkyl carbamates (subject to hydrolysis) is 1. The molecule has 2 unspecified atom stereocenters. The first kappa shape index (κ1) is 17.8. The summed E-state index contributed by atoms with van der Waals surface area (Å²) in [5, 5.41) is 15.3. The Morgan fingerprint density at radius 1 is 1.19 bits per heavy atom. The highest BCUT2D eigenvalue weighted by atomic mass is 19.2. The Balaban J connectivity index is 1.87. The zero-order valence-electron chi connectivity index (χ0n) is 13.8. The largest absolute Gasteiger partial charge is 0.453 e. The number of ether oxygens (including phenoxy) is 1. The van der Waals surface area contributed by atoms with E-state index in [4.69, 9.17) is 0 Å². The number of benzene rings is 2. The number of anilines is 1. The Kier molecular flexibility index (Phi) is 4.85. The maximum absolute atomic E-state index is 13.3. The van der Waals surface area contributed by atoms with Crippen LogP contribution in [0.15, 0.2) is 36.4 Å². The van der Waals surface area contributed by atoms with E-state index in [2.05, 4.69) is 15.4 Å². The van der Waals surface area contributed by atoms with Crippen molar-refractivity contribution in [3.63, 3.8) is 0 Å². The quantitative estimate of drug-likeness (QED) is 0.783. The molecule has 1 aliphatic rings. The van der Waals surface area contributed by atoms with Crippen molar-refractivity contribution < 1.29 is 28.2 Å². The van der Waals surface area contributed by atoms with E-state index in [1.54, 1.807) is 18.2 Å². The van der Waals surface area contributed by atoms with Gasteiger partial charge in [-0.05, 0) is 29.3 Å². The molecule has 3 rings (SSSR count). The average molecular weight is 362 g/mol. The molecule has 0 aliphatic heterocycles. The van der Waals surface area contributed by atoms with Crippen LogP contribution in [0.25, 0.3) is 0 Å². The van der Waals surface area contributed by atoms with Gasteiger partial charge in [0.2, 0.25) is 0 Å². The normalized spacial score (nSPS) is 18.2. The topological polar surface area (TPSA) is 87.7 Å². The molecule has 26 heavy (non-hydrogen) atoms. The number of amides is 2. The first-order chi connectivity index (χ1) is 12.4. The van der Waals surface area contributed by atoms with Gasteiger partial charge in [-0.3, -0.25) is 4.79 Å². The Labute approximate surface area is 147 Å². The van der Waals surface area contributed by atoms with E-state index in [1.165, 1.54) is 13.2 Å². The third kappa shape index (κ3) is 3.36. The van der Waals surface area contributed by atoms with Gasteiger partial charge in [0.1, 0.15) is 0 Å². The Hall–Kier alpha value is -3.00. The molecular weight excluding hydrogens is 346 g/mol. The number of aliphatic hydroxyl groups excluding tert-OH is 1. The van der Waals surface area contributed by atoms with Crippen LogP contribution in [0.3, 0.4) is 0 Å². The van der Waals surface area contributed by atoms with Crippen molar-refractivity contribution in [3.05, 3.63) is 64.7 Å². The number of aliphatic hydroxyl groups is 1. The second kappa shape index (κ2) is 7.09.